The number of rotatable bonds is 5. The van der Waals surface area contributed by atoms with Gasteiger partial charge in [0.25, 0.3) is 0 Å². The molecule has 27 heavy (non-hydrogen) atoms. The number of oxazole rings is 1. The second kappa shape index (κ2) is 6.44. The average Bonchev–Trinajstić information content (AvgIpc) is 3.22. The van der Waals surface area contributed by atoms with Gasteiger partial charge in [0.2, 0.25) is 5.91 Å². The minimum absolute atomic E-state index is 0.0593. The van der Waals surface area contributed by atoms with Crippen molar-refractivity contribution in [3.8, 4) is 0 Å². The van der Waals surface area contributed by atoms with Gasteiger partial charge < -0.3 is 19.3 Å². The first-order valence-electron chi connectivity index (χ1n) is 8.50. The van der Waals surface area contributed by atoms with Crippen molar-refractivity contribution in [2.75, 3.05) is 6.54 Å². The molecule has 1 amide bonds. The van der Waals surface area contributed by atoms with Gasteiger partial charge in [0, 0.05) is 5.39 Å². The first kappa shape index (κ1) is 17.1. The largest absolute Gasteiger partial charge is 0.458 e. The molecule has 0 spiro atoms. The van der Waals surface area contributed by atoms with E-state index in [9.17, 15) is 14.7 Å². The summed E-state index contributed by atoms with van der Waals surface area (Å²) in [4.78, 5) is 24.3. The molecule has 1 atom stereocenters. The number of carbonyl (C=O) groups excluding carboxylic acids is 1. The third kappa shape index (κ3) is 3.24. The molecule has 0 radical (unpaired) electrons. The lowest BCUT2D eigenvalue weighted by atomic mass is 10.0. The molecule has 0 aliphatic heterocycles. The lowest BCUT2D eigenvalue weighted by molar-refractivity contribution is -0.123. The number of aliphatic hydroxyl groups is 1. The van der Waals surface area contributed by atoms with E-state index in [1.165, 1.54) is 4.57 Å². The van der Waals surface area contributed by atoms with Crippen molar-refractivity contribution < 1.29 is 18.7 Å². The van der Waals surface area contributed by atoms with Crippen molar-refractivity contribution >= 4 is 28.0 Å². The molecule has 0 saturated carbocycles. The standard InChI is InChI=1S/C20H18N2O5/c1-20(25,17-10-13-6-2-4-8-15(13)26-17)12-21-18(23)11-22-14-7-3-5-9-16(14)27-19(22)24/h2-10,25H,11-12H2,1H3,(H,21,23)/t20-/m1/s1. The summed E-state index contributed by atoms with van der Waals surface area (Å²) >= 11 is 0. The molecule has 2 aromatic heterocycles. The van der Waals surface area contributed by atoms with Crippen LogP contribution in [0.2, 0.25) is 0 Å². The van der Waals surface area contributed by atoms with Gasteiger partial charge >= 0.3 is 5.76 Å². The molecule has 0 unspecified atom stereocenters. The zero-order valence-corrected chi connectivity index (χ0v) is 14.6. The average molecular weight is 366 g/mol. The van der Waals surface area contributed by atoms with Gasteiger partial charge in [-0.1, -0.05) is 30.3 Å². The molecule has 2 aromatic carbocycles. The number of aromatic nitrogens is 1. The van der Waals surface area contributed by atoms with E-state index in [1.54, 1.807) is 37.3 Å². The number of para-hydroxylation sites is 3. The minimum atomic E-state index is -1.39. The molecule has 2 heterocycles. The molecule has 0 saturated heterocycles. The highest BCUT2D eigenvalue weighted by Gasteiger charge is 2.28. The van der Waals surface area contributed by atoms with Gasteiger partial charge in [-0.3, -0.25) is 9.36 Å². The Kier molecular flexibility index (Phi) is 4.08. The summed E-state index contributed by atoms with van der Waals surface area (Å²) < 4.78 is 12.0. The minimum Gasteiger partial charge on any atom is -0.458 e. The highest BCUT2D eigenvalue weighted by atomic mass is 16.4. The van der Waals surface area contributed by atoms with E-state index in [0.29, 0.717) is 22.4 Å². The first-order valence-corrected chi connectivity index (χ1v) is 8.50. The van der Waals surface area contributed by atoms with Gasteiger partial charge in [-0.25, -0.2) is 4.79 Å². The third-order valence-electron chi connectivity index (χ3n) is 4.46. The predicted octanol–water partition coefficient (Wildman–Crippen LogP) is 2.36. The van der Waals surface area contributed by atoms with Gasteiger partial charge in [0.1, 0.15) is 23.5 Å². The van der Waals surface area contributed by atoms with Crippen molar-refractivity contribution in [2.24, 2.45) is 0 Å². The second-order valence-electron chi connectivity index (χ2n) is 6.62. The molecule has 0 bridgehead atoms. The fraction of sp³-hybridized carbons (Fsp3) is 0.200. The van der Waals surface area contributed by atoms with Crippen LogP contribution >= 0.6 is 0 Å². The molecular formula is C20H18N2O5. The second-order valence-corrected chi connectivity index (χ2v) is 6.62. The molecule has 7 nitrogen and oxygen atoms in total. The van der Waals surface area contributed by atoms with Crippen LogP contribution in [0.5, 0.6) is 0 Å². The molecule has 7 heteroatoms. The molecule has 0 aliphatic carbocycles. The van der Waals surface area contributed by atoms with Crippen molar-refractivity contribution in [1.29, 1.82) is 0 Å². The quantitative estimate of drug-likeness (QED) is 0.565. The monoisotopic (exact) mass is 366 g/mol. The van der Waals surface area contributed by atoms with Crippen LogP contribution < -0.4 is 11.1 Å². The van der Waals surface area contributed by atoms with Gasteiger partial charge in [0.15, 0.2) is 5.58 Å². The topological polar surface area (TPSA) is 97.6 Å². The SMILES string of the molecule is C[C@@](O)(CNC(=O)Cn1c(=O)oc2ccccc21)c1cc2ccccc2o1. The summed E-state index contributed by atoms with van der Waals surface area (Å²) in [6.07, 6.45) is 0. The van der Waals surface area contributed by atoms with E-state index >= 15 is 0 Å². The molecule has 4 rings (SSSR count). The molecular weight excluding hydrogens is 348 g/mol. The van der Waals surface area contributed by atoms with E-state index in [-0.39, 0.29) is 13.1 Å². The Labute approximate surface area is 153 Å². The fourth-order valence-corrected chi connectivity index (χ4v) is 2.97. The molecule has 2 N–H and O–H groups in total. The summed E-state index contributed by atoms with van der Waals surface area (Å²) in [5.74, 6) is -0.662. The lowest BCUT2D eigenvalue weighted by Gasteiger charge is -2.21. The Morgan fingerprint density at radius 1 is 1.11 bits per heavy atom. The van der Waals surface area contributed by atoms with E-state index in [2.05, 4.69) is 5.32 Å². The highest BCUT2D eigenvalue weighted by molar-refractivity contribution is 5.80. The Hall–Kier alpha value is -3.32. The number of fused-ring (bicyclic) bond motifs is 2. The summed E-state index contributed by atoms with van der Waals surface area (Å²) in [6.45, 7) is 1.30. The maximum absolute atomic E-state index is 12.3. The summed E-state index contributed by atoms with van der Waals surface area (Å²) in [5, 5.41) is 14.2. The number of hydrogen-bond acceptors (Lipinski definition) is 5. The zero-order valence-electron chi connectivity index (χ0n) is 14.6. The van der Waals surface area contributed by atoms with Crippen LogP contribution in [0.25, 0.3) is 22.1 Å². The normalized spacial score (nSPS) is 13.7. The summed E-state index contributed by atoms with van der Waals surface area (Å²) in [5.41, 5.74) is 0.236. The number of nitrogens with one attached hydrogen (secondary N) is 1. The maximum atomic E-state index is 12.3. The summed E-state index contributed by atoms with van der Waals surface area (Å²) in [7, 11) is 0. The van der Waals surface area contributed by atoms with Crippen LogP contribution in [0.3, 0.4) is 0 Å². The molecule has 4 aromatic rings. The number of nitrogens with zero attached hydrogens (tertiary/aromatic N) is 1. The van der Waals surface area contributed by atoms with E-state index in [0.717, 1.165) is 5.39 Å². The van der Waals surface area contributed by atoms with Crippen molar-refractivity contribution in [3.05, 3.63) is 70.9 Å². The van der Waals surface area contributed by atoms with Crippen LogP contribution in [0.15, 0.2) is 68.2 Å². The highest BCUT2D eigenvalue weighted by Crippen LogP contribution is 2.27. The smallest absolute Gasteiger partial charge is 0.420 e. The number of benzene rings is 2. The lowest BCUT2D eigenvalue weighted by Crippen LogP contribution is -2.40. The van der Waals surface area contributed by atoms with Crippen LogP contribution in [0, 0.1) is 0 Å². The van der Waals surface area contributed by atoms with Gasteiger partial charge in [0.05, 0.1) is 12.1 Å². The Morgan fingerprint density at radius 2 is 1.81 bits per heavy atom. The fourth-order valence-electron chi connectivity index (χ4n) is 2.97. The van der Waals surface area contributed by atoms with Gasteiger partial charge in [-0.15, -0.1) is 0 Å². The Morgan fingerprint density at radius 3 is 2.59 bits per heavy atom. The molecule has 0 fully saturated rings. The van der Waals surface area contributed by atoms with Gasteiger partial charge in [-0.2, -0.15) is 0 Å². The van der Waals surface area contributed by atoms with Crippen LogP contribution in [0.1, 0.15) is 12.7 Å². The molecule has 0 aliphatic rings. The summed E-state index contributed by atoms with van der Waals surface area (Å²) in [6, 6.07) is 16.0. The predicted molar refractivity (Wildman–Crippen MR) is 99.3 cm³/mol. The molecule has 138 valence electrons. The van der Waals surface area contributed by atoms with Gasteiger partial charge in [-0.05, 0) is 31.2 Å². The van der Waals surface area contributed by atoms with Crippen LogP contribution in [-0.4, -0.2) is 22.1 Å². The van der Waals surface area contributed by atoms with Crippen LogP contribution in [0.4, 0.5) is 0 Å². The Bertz CT molecular complexity index is 1150. The number of carbonyl (C=O) groups is 1. The number of furan rings is 1. The first-order chi connectivity index (χ1) is 12.9. The van der Waals surface area contributed by atoms with Crippen LogP contribution in [-0.2, 0) is 16.9 Å². The zero-order chi connectivity index (χ0) is 19.0. The number of amides is 1. The van der Waals surface area contributed by atoms with E-state index in [4.69, 9.17) is 8.83 Å². The third-order valence-corrected chi connectivity index (χ3v) is 4.46. The van der Waals surface area contributed by atoms with Crippen molar-refractivity contribution in [2.45, 2.75) is 19.1 Å². The van der Waals surface area contributed by atoms with E-state index < -0.39 is 17.3 Å². The maximum Gasteiger partial charge on any atom is 0.420 e. The van der Waals surface area contributed by atoms with E-state index in [1.807, 2.05) is 24.3 Å². The van der Waals surface area contributed by atoms with Crippen molar-refractivity contribution in [3.63, 3.8) is 0 Å². The Balaban J connectivity index is 1.48. The number of hydrogen-bond donors (Lipinski definition) is 2. The van der Waals surface area contributed by atoms with Crippen molar-refractivity contribution in [1.82, 2.24) is 9.88 Å².